The molecule has 3 rings (SSSR count). The van der Waals surface area contributed by atoms with Gasteiger partial charge in [0.2, 0.25) is 11.8 Å². The topological polar surface area (TPSA) is 133 Å². The molecule has 3 aromatic heterocycles. The zero-order valence-corrected chi connectivity index (χ0v) is 9.85. The van der Waals surface area contributed by atoms with Gasteiger partial charge in [0.25, 0.3) is 5.95 Å². The van der Waals surface area contributed by atoms with E-state index in [1.807, 2.05) is 6.92 Å². The fourth-order valence-corrected chi connectivity index (χ4v) is 1.36. The number of nitrogens with two attached hydrogens (primary N) is 1. The summed E-state index contributed by atoms with van der Waals surface area (Å²) in [6, 6.07) is 1.74. The van der Waals surface area contributed by atoms with Crippen molar-refractivity contribution in [2.75, 3.05) is 5.73 Å². The van der Waals surface area contributed by atoms with E-state index in [1.54, 1.807) is 6.07 Å². The highest BCUT2D eigenvalue weighted by atomic mass is 16.5. The van der Waals surface area contributed by atoms with Gasteiger partial charge in [0.15, 0.2) is 0 Å². The lowest BCUT2D eigenvalue weighted by Crippen LogP contribution is -2.08. The second kappa shape index (κ2) is 4.33. The molecule has 0 bridgehead atoms. The maximum atomic E-state index is 5.59. The van der Waals surface area contributed by atoms with Crippen LogP contribution in [0.25, 0.3) is 5.95 Å². The molecule has 96 valence electrons. The minimum Gasteiger partial charge on any atom is -0.403 e. The van der Waals surface area contributed by atoms with E-state index in [1.165, 1.54) is 17.3 Å². The summed E-state index contributed by atoms with van der Waals surface area (Å²) in [4.78, 5) is 15.7. The van der Waals surface area contributed by atoms with Crippen LogP contribution in [0.4, 0.5) is 5.95 Å². The molecule has 10 heteroatoms. The SMILES string of the molecule is Cc1cc(Oc2nc(N)nc(-n3cncn3)n2)n[nH]1. The van der Waals surface area contributed by atoms with Gasteiger partial charge in [-0.2, -0.15) is 24.7 Å². The summed E-state index contributed by atoms with van der Waals surface area (Å²) in [7, 11) is 0. The van der Waals surface area contributed by atoms with Crippen molar-refractivity contribution in [2.45, 2.75) is 6.92 Å². The molecule has 0 aliphatic carbocycles. The van der Waals surface area contributed by atoms with Crippen molar-refractivity contribution >= 4 is 5.95 Å². The second-order valence-electron chi connectivity index (χ2n) is 3.61. The van der Waals surface area contributed by atoms with Crippen LogP contribution in [0.15, 0.2) is 18.7 Å². The first kappa shape index (κ1) is 11.1. The third-order valence-electron chi connectivity index (χ3n) is 2.12. The number of aryl methyl sites for hydroxylation is 1. The summed E-state index contributed by atoms with van der Waals surface area (Å²) in [6.07, 6.45) is 2.80. The molecule has 0 fully saturated rings. The molecular weight excluding hydrogens is 250 g/mol. The Kier molecular flexibility index (Phi) is 2.52. The standard InChI is InChI=1S/C9H9N9O/c1-5-2-6(17-16-5)19-9-14-7(10)13-8(15-9)18-4-11-3-12-18/h2-4H,1H3,(H,16,17)(H2,10,13,14,15). The average Bonchev–Trinajstić information content (AvgIpc) is 3.00. The minimum absolute atomic E-state index is 0.0164. The molecule has 0 saturated heterocycles. The van der Waals surface area contributed by atoms with Crippen LogP contribution >= 0.6 is 0 Å². The Labute approximate surface area is 106 Å². The van der Waals surface area contributed by atoms with E-state index >= 15 is 0 Å². The second-order valence-corrected chi connectivity index (χ2v) is 3.61. The van der Waals surface area contributed by atoms with Crippen LogP contribution in [0.1, 0.15) is 5.69 Å². The van der Waals surface area contributed by atoms with Crippen LogP contribution in [0, 0.1) is 6.92 Å². The van der Waals surface area contributed by atoms with Gasteiger partial charge in [-0.25, -0.2) is 4.98 Å². The zero-order chi connectivity index (χ0) is 13.2. The first-order valence-electron chi connectivity index (χ1n) is 5.27. The van der Waals surface area contributed by atoms with E-state index in [0.717, 1.165) is 5.69 Å². The van der Waals surface area contributed by atoms with Crippen LogP contribution in [0.5, 0.6) is 11.9 Å². The quantitative estimate of drug-likeness (QED) is 0.663. The van der Waals surface area contributed by atoms with E-state index in [9.17, 15) is 0 Å². The molecular formula is C9H9N9O. The molecule has 10 nitrogen and oxygen atoms in total. The normalized spacial score (nSPS) is 10.6. The molecule has 3 N–H and O–H groups in total. The molecule has 19 heavy (non-hydrogen) atoms. The first-order valence-corrected chi connectivity index (χ1v) is 5.27. The lowest BCUT2D eigenvalue weighted by Gasteiger charge is -2.03. The van der Waals surface area contributed by atoms with Gasteiger partial charge in [0.1, 0.15) is 12.7 Å². The molecule has 3 heterocycles. The van der Waals surface area contributed by atoms with Crippen molar-refractivity contribution in [3.05, 3.63) is 24.4 Å². The number of H-pyrrole nitrogens is 1. The number of rotatable bonds is 3. The summed E-state index contributed by atoms with van der Waals surface area (Å²) in [5.41, 5.74) is 6.45. The highest BCUT2D eigenvalue weighted by Crippen LogP contribution is 2.16. The lowest BCUT2D eigenvalue weighted by atomic mass is 10.5. The smallest absolute Gasteiger partial charge is 0.330 e. The van der Waals surface area contributed by atoms with Crippen molar-refractivity contribution in [1.82, 2.24) is 39.9 Å². The summed E-state index contributed by atoms with van der Waals surface area (Å²) in [6.45, 7) is 1.85. The number of ether oxygens (including phenoxy) is 1. The van der Waals surface area contributed by atoms with Crippen LogP contribution in [-0.2, 0) is 0 Å². The third-order valence-corrected chi connectivity index (χ3v) is 2.12. The Morgan fingerprint density at radius 2 is 2.21 bits per heavy atom. The Hall–Kier alpha value is -3.04. The highest BCUT2D eigenvalue weighted by molar-refractivity contribution is 5.26. The summed E-state index contributed by atoms with van der Waals surface area (Å²) in [5, 5.41) is 10.6. The van der Waals surface area contributed by atoms with Crippen molar-refractivity contribution in [2.24, 2.45) is 0 Å². The highest BCUT2D eigenvalue weighted by Gasteiger charge is 2.10. The lowest BCUT2D eigenvalue weighted by molar-refractivity contribution is 0.421. The predicted molar refractivity (Wildman–Crippen MR) is 62.6 cm³/mol. The van der Waals surface area contributed by atoms with Crippen LogP contribution in [0.2, 0.25) is 0 Å². The molecule has 0 spiro atoms. The van der Waals surface area contributed by atoms with E-state index in [4.69, 9.17) is 10.5 Å². The van der Waals surface area contributed by atoms with E-state index < -0.39 is 0 Å². The number of nitrogen functional groups attached to an aromatic ring is 1. The molecule has 0 saturated carbocycles. The van der Waals surface area contributed by atoms with Gasteiger partial charge in [0, 0.05) is 11.8 Å². The molecule has 0 aliphatic rings. The van der Waals surface area contributed by atoms with Gasteiger partial charge in [-0.1, -0.05) is 0 Å². The van der Waals surface area contributed by atoms with Crippen molar-refractivity contribution in [3.63, 3.8) is 0 Å². The largest absolute Gasteiger partial charge is 0.403 e. The maximum absolute atomic E-state index is 5.59. The Morgan fingerprint density at radius 3 is 2.89 bits per heavy atom. The maximum Gasteiger partial charge on any atom is 0.330 e. The monoisotopic (exact) mass is 259 g/mol. The van der Waals surface area contributed by atoms with Crippen LogP contribution in [0.3, 0.4) is 0 Å². The molecule has 0 amide bonds. The molecule has 0 aliphatic heterocycles. The van der Waals surface area contributed by atoms with Crippen LogP contribution in [-0.4, -0.2) is 39.9 Å². The average molecular weight is 259 g/mol. The minimum atomic E-state index is 0.0164. The molecule has 0 unspecified atom stereocenters. The molecule has 0 radical (unpaired) electrons. The first-order chi connectivity index (χ1) is 9.20. The van der Waals surface area contributed by atoms with E-state index in [-0.39, 0.29) is 17.9 Å². The number of hydrogen-bond donors (Lipinski definition) is 2. The van der Waals surface area contributed by atoms with Crippen LogP contribution < -0.4 is 10.5 Å². The fraction of sp³-hybridized carbons (Fsp3) is 0.111. The number of nitrogens with one attached hydrogen (secondary N) is 1. The third kappa shape index (κ3) is 2.31. The van der Waals surface area contributed by atoms with E-state index in [0.29, 0.717) is 5.88 Å². The number of aromatic amines is 1. The molecule has 0 aromatic carbocycles. The summed E-state index contributed by atoms with van der Waals surface area (Å²) in [5.74, 6) is 0.572. The summed E-state index contributed by atoms with van der Waals surface area (Å²) >= 11 is 0. The van der Waals surface area contributed by atoms with Gasteiger partial charge < -0.3 is 10.5 Å². The van der Waals surface area contributed by atoms with Gasteiger partial charge in [-0.3, -0.25) is 5.10 Å². The van der Waals surface area contributed by atoms with Gasteiger partial charge in [-0.05, 0) is 6.92 Å². The number of hydrogen-bond acceptors (Lipinski definition) is 8. The summed E-state index contributed by atoms with van der Waals surface area (Å²) < 4.78 is 6.72. The number of aromatic nitrogens is 8. The predicted octanol–water partition coefficient (Wildman–Crippen LogP) is -0.142. The molecule has 0 atom stereocenters. The van der Waals surface area contributed by atoms with Crippen molar-refractivity contribution in [3.8, 4) is 17.8 Å². The van der Waals surface area contributed by atoms with Gasteiger partial charge in [-0.15, -0.1) is 5.10 Å². The number of anilines is 1. The Bertz CT molecular complexity index is 690. The van der Waals surface area contributed by atoms with E-state index in [2.05, 4.69) is 35.2 Å². The van der Waals surface area contributed by atoms with Crippen molar-refractivity contribution < 1.29 is 4.74 Å². The molecule has 3 aromatic rings. The van der Waals surface area contributed by atoms with Gasteiger partial charge >= 0.3 is 6.01 Å². The zero-order valence-electron chi connectivity index (χ0n) is 9.85. The fourth-order valence-electron chi connectivity index (χ4n) is 1.36. The Balaban J connectivity index is 1.94. The van der Waals surface area contributed by atoms with Crippen molar-refractivity contribution in [1.29, 1.82) is 0 Å². The number of nitrogens with zero attached hydrogens (tertiary/aromatic N) is 7. The Morgan fingerprint density at radius 1 is 1.32 bits per heavy atom. The van der Waals surface area contributed by atoms with Gasteiger partial charge in [0.05, 0.1) is 0 Å².